The van der Waals surface area contributed by atoms with Gasteiger partial charge in [-0.15, -0.1) is 0 Å². The predicted octanol–water partition coefficient (Wildman–Crippen LogP) is 2.20. The van der Waals surface area contributed by atoms with E-state index in [1.165, 1.54) is 29.6 Å². The summed E-state index contributed by atoms with van der Waals surface area (Å²) in [6, 6.07) is 4.35. The molecule has 3 heterocycles. The zero-order chi connectivity index (χ0) is 19.1. The Morgan fingerprint density at radius 3 is 2.42 bits per heavy atom. The van der Waals surface area contributed by atoms with Crippen molar-refractivity contribution < 1.29 is 27.4 Å². The first kappa shape index (κ1) is 18.9. The number of ether oxygens (including phenoxy) is 3. The van der Waals surface area contributed by atoms with Gasteiger partial charge in [0.1, 0.15) is 11.4 Å². The van der Waals surface area contributed by atoms with Gasteiger partial charge in [0.25, 0.3) is 0 Å². The third-order valence-electron chi connectivity index (χ3n) is 4.17. The van der Waals surface area contributed by atoms with Gasteiger partial charge in [0.15, 0.2) is 0 Å². The molecule has 2 unspecified atom stereocenters. The topological polar surface area (TPSA) is 94.2 Å². The van der Waals surface area contributed by atoms with Crippen molar-refractivity contribution >= 4 is 21.8 Å². The van der Waals surface area contributed by atoms with Crippen molar-refractivity contribution in [3.05, 3.63) is 18.2 Å². The molecule has 1 amide bonds. The van der Waals surface area contributed by atoms with Gasteiger partial charge in [-0.2, -0.15) is 4.31 Å². The number of sulfonamides is 1. The van der Waals surface area contributed by atoms with Crippen molar-refractivity contribution in [3.8, 4) is 5.75 Å². The van der Waals surface area contributed by atoms with Gasteiger partial charge in [-0.1, -0.05) is 0 Å². The highest BCUT2D eigenvalue weighted by Crippen LogP contribution is 2.34. The van der Waals surface area contributed by atoms with Crippen molar-refractivity contribution in [2.45, 2.75) is 49.9 Å². The lowest BCUT2D eigenvalue weighted by Gasteiger charge is -2.46. The van der Waals surface area contributed by atoms with Gasteiger partial charge in [0.05, 0.1) is 29.9 Å². The summed E-state index contributed by atoms with van der Waals surface area (Å²) < 4.78 is 43.1. The van der Waals surface area contributed by atoms with Crippen LogP contribution in [0, 0.1) is 0 Å². The number of piperidine rings is 1. The zero-order valence-electron chi connectivity index (χ0n) is 15.3. The number of fused-ring (bicyclic) bond motifs is 2. The zero-order valence-corrected chi connectivity index (χ0v) is 16.1. The Hall–Kier alpha value is -1.84. The standard InChI is InChI=1S/C17H24N2O6S/c1-17(2,3)25-16(20)18-14-6-5-13(8-15(14)23-4)26(21,22)19-9-11-7-12(10-19)24-11/h5-6,8,11-12H,7,9-10H2,1-4H3,(H,18,20). The Bertz CT molecular complexity index is 786. The number of hydrogen-bond acceptors (Lipinski definition) is 6. The Labute approximate surface area is 153 Å². The first-order valence-corrected chi connectivity index (χ1v) is 9.86. The second kappa shape index (κ2) is 6.71. The molecule has 1 aromatic carbocycles. The molecule has 144 valence electrons. The summed E-state index contributed by atoms with van der Waals surface area (Å²) in [5, 5.41) is 2.58. The van der Waals surface area contributed by atoms with Crippen LogP contribution in [0.4, 0.5) is 10.5 Å². The second-order valence-corrected chi connectivity index (χ2v) is 9.36. The fraction of sp³-hybridized carbons (Fsp3) is 0.588. The number of methoxy groups -OCH3 is 1. The molecule has 0 aromatic heterocycles. The van der Waals surface area contributed by atoms with Crippen LogP contribution < -0.4 is 10.1 Å². The lowest BCUT2D eigenvalue weighted by atomic mass is 10.0. The summed E-state index contributed by atoms with van der Waals surface area (Å²) in [6.45, 7) is 5.99. The summed E-state index contributed by atoms with van der Waals surface area (Å²) >= 11 is 0. The number of amides is 1. The maximum absolute atomic E-state index is 12.8. The fourth-order valence-electron chi connectivity index (χ4n) is 3.01. The Morgan fingerprint density at radius 1 is 1.27 bits per heavy atom. The van der Waals surface area contributed by atoms with Gasteiger partial charge < -0.3 is 14.2 Å². The minimum Gasteiger partial charge on any atom is -0.495 e. The van der Waals surface area contributed by atoms with Crippen LogP contribution in [-0.4, -0.2) is 56.8 Å². The normalized spacial score (nSPS) is 23.1. The molecule has 2 bridgehead atoms. The number of nitrogens with zero attached hydrogens (tertiary/aromatic N) is 1. The molecule has 8 nitrogen and oxygen atoms in total. The van der Waals surface area contributed by atoms with Crippen molar-refractivity contribution in [3.63, 3.8) is 0 Å². The number of benzene rings is 1. The van der Waals surface area contributed by atoms with E-state index in [0.29, 0.717) is 18.8 Å². The minimum atomic E-state index is -3.64. The molecule has 9 heteroatoms. The molecule has 3 saturated heterocycles. The van der Waals surface area contributed by atoms with Crippen molar-refractivity contribution in [1.29, 1.82) is 0 Å². The van der Waals surface area contributed by atoms with Crippen LogP contribution in [0.5, 0.6) is 5.75 Å². The molecule has 3 aliphatic heterocycles. The van der Waals surface area contributed by atoms with Crippen LogP contribution in [0.15, 0.2) is 23.1 Å². The SMILES string of the molecule is COc1cc(S(=O)(=O)N2CC3CC(C2)O3)ccc1NC(=O)OC(C)(C)C. The number of nitrogens with one attached hydrogen (secondary N) is 1. The van der Waals surface area contributed by atoms with Crippen molar-refractivity contribution in [1.82, 2.24) is 4.31 Å². The molecule has 0 saturated carbocycles. The molecule has 2 atom stereocenters. The minimum absolute atomic E-state index is 0.0153. The van der Waals surface area contributed by atoms with Crippen LogP contribution in [0.1, 0.15) is 27.2 Å². The largest absolute Gasteiger partial charge is 0.495 e. The predicted molar refractivity (Wildman–Crippen MR) is 94.9 cm³/mol. The van der Waals surface area contributed by atoms with Crippen molar-refractivity contribution in [2.24, 2.45) is 0 Å². The molecule has 26 heavy (non-hydrogen) atoms. The number of carbonyl (C=O) groups is 1. The third kappa shape index (κ3) is 3.94. The lowest BCUT2D eigenvalue weighted by Crippen LogP contribution is -2.58. The average molecular weight is 384 g/mol. The molecule has 1 aromatic rings. The van der Waals surface area contributed by atoms with Crippen LogP contribution >= 0.6 is 0 Å². The summed E-state index contributed by atoms with van der Waals surface area (Å²) in [7, 11) is -2.23. The molecule has 1 N–H and O–H groups in total. The summed E-state index contributed by atoms with van der Waals surface area (Å²) in [4.78, 5) is 12.1. The van der Waals surface area contributed by atoms with Gasteiger partial charge in [-0.25, -0.2) is 13.2 Å². The Kier molecular flexibility index (Phi) is 4.89. The Morgan fingerprint density at radius 2 is 1.88 bits per heavy atom. The molecule has 0 aliphatic carbocycles. The third-order valence-corrected chi connectivity index (χ3v) is 6.00. The first-order valence-electron chi connectivity index (χ1n) is 8.42. The van der Waals surface area contributed by atoms with Gasteiger partial charge in [0, 0.05) is 25.6 Å². The molecule has 0 spiro atoms. The van der Waals surface area contributed by atoms with E-state index in [1.807, 2.05) is 0 Å². The highest BCUT2D eigenvalue weighted by atomic mass is 32.2. The average Bonchev–Trinajstić information content (AvgIpc) is 2.52. The maximum Gasteiger partial charge on any atom is 0.412 e. The van der Waals surface area contributed by atoms with Crippen LogP contribution in [0.2, 0.25) is 0 Å². The number of morpholine rings is 1. The van der Waals surface area contributed by atoms with Gasteiger partial charge in [-0.3, -0.25) is 5.32 Å². The van der Waals surface area contributed by atoms with E-state index in [4.69, 9.17) is 14.2 Å². The van der Waals surface area contributed by atoms with Gasteiger partial charge >= 0.3 is 6.09 Å². The van der Waals surface area contributed by atoms with Crippen LogP contribution in [0.3, 0.4) is 0 Å². The van der Waals surface area contributed by atoms with Crippen molar-refractivity contribution in [2.75, 3.05) is 25.5 Å². The first-order chi connectivity index (χ1) is 12.1. The molecule has 0 radical (unpaired) electrons. The summed E-state index contributed by atoms with van der Waals surface area (Å²) in [5.74, 6) is 0.246. The molecular formula is C17H24N2O6S. The number of anilines is 1. The number of rotatable bonds is 4. The maximum atomic E-state index is 12.8. The quantitative estimate of drug-likeness (QED) is 0.855. The van der Waals surface area contributed by atoms with E-state index >= 15 is 0 Å². The highest BCUT2D eigenvalue weighted by molar-refractivity contribution is 7.89. The highest BCUT2D eigenvalue weighted by Gasteiger charge is 2.43. The van der Waals surface area contributed by atoms with Crippen LogP contribution in [0.25, 0.3) is 0 Å². The van der Waals surface area contributed by atoms with E-state index in [1.54, 1.807) is 20.8 Å². The lowest BCUT2D eigenvalue weighted by molar-refractivity contribution is -0.164. The molecular weight excluding hydrogens is 360 g/mol. The van der Waals surface area contributed by atoms with E-state index in [9.17, 15) is 13.2 Å². The van der Waals surface area contributed by atoms with Crippen LogP contribution in [-0.2, 0) is 19.5 Å². The monoisotopic (exact) mass is 384 g/mol. The second-order valence-electron chi connectivity index (χ2n) is 7.43. The Balaban J connectivity index is 1.79. The smallest absolute Gasteiger partial charge is 0.412 e. The number of hydrogen-bond donors (Lipinski definition) is 1. The van der Waals surface area contributed by atoms with E-state index in [0.717, 1.165) is 6.42 Å². The fourth-order valence-corrected chi connectivity index (χ4v) is 4.53. The van der Waals surface area contributed by atoms with E-state index in [-0.39, 0.29) is 22.9 Å². The number of carbonyl (C=O) groups excluding carboxylic acids is 1. The van der Waals surface area contributed by atoms with E-state index < -0.39 is 21.7 Å². The molecule has 3 fully saturated rings. The molecule has 3 aliphatic rings. The summed E-state index contributed by atoms with van der Waals surface area (Å²) in [5.41, 5.74) is -0.303. The van der Waals surface area contributed by atoms with Gasteiger partial charge in [0.2, 0.25) is 10.0 Å². The summed E-state index contributed by atoms with van der Waals surface area (Å²) in [6.07, 6.45) is 0.241. The molecule has 4 rings (SSSR count). The van der Waals surface area contributed by atoms with Gasteiger partial charge in [-0.05, 0) is 32.9 Å². The van der Waals surface area contributed by atoms with E-state index in [2.05, 4.69) is 5.32 Å².